The number of nitro groups is 1. The first-order valence-electron chi connectivity index (χ1n) is 9.32. The highest BCUT2D eigenvalue weighted by Crippen LogP contribution is 2.30. The molecule has 0 aliphatic carbocycles. The molecule has 1 aliphatic heterocycles. The molecule has 2 aromatic heterocycles. The van der Waals surface area contributed by atoms with E-state index in [4.69, 9.17) is 4.74 Å². The van der Waals surface area contributed by atoms with Crippen LogP contribution in [0.15, 0.2) is 18.5 Å². The standard InChI is InChI=1S/C19H24N4O6/c1-19(2,3)29-18(25)21-7-5-12(6-8-21)14-10-22-11-15(23(26)27)13(17(24)28-4)9-16(22)20-14/h9-12H,5-8H2,1-4H3. The highest BCUT2D eigenvalue weighted by molar-refractivity contribution is 5.94. The number of fused-ring (bicyclic) bond motifs is 1. The SMILES string of the molecule is COC(=O)c1cc2nc(C3CCN(C(=O)OC(C)(C)C)CC3)cn2cc1[N+](=O)[O-]. The highest BCUT2D eigenvalue weighted by Gasteiger charge is 2.29. The van der Waals surface area contributed by atoms with Gasteiger partial charge in [0.15, 0.2) is 0 Å². The second-order valence-corrected chi connectivity index (χ2v) is 7.99. The summed E-state index contributed by atoms with van der Waals surface area (Å²) in [6.07, 6.45) is 4.08. The van der Waals surface area contributed by atoms with Crippen molar-refractivity contribution in [1.29, 1.82) is 0 Å². The molecule has 1 fully saturated rings. The van der Waals surface area contributed by atoms with Gasteiger partial charge < -0.3 is 14.4 Å². The molecule has 0 bridgehead atoms. The Labute approximate surface area is 167 Å². The summed E-state index contributed by atoms with van der Waals surface area (Å²) in [5, 5.41) is 11.3. The van der Waals surface area contributed by atoms with Crippen LogP contribution in [-0.4, -0.2) is 57.1 Å². The molecule has 156 valence electrons. The summed E-state index contributed by atoms with van der Waals surface area (Å²) >= 11 is 0. The van der Waals surface area contributed by atoms with Crippen molar-refractivity contribution < 1.29 is 24.0 Å². The quantitative estimate of drug-likeness (QED) is 0.438. The number of carbonyl (C=O) groups excluding carboxylic acids is 2. The van der Waals surface area contributed by atoms with Gasteiger partial charge in [0, 0.05) is 31.3 Å². The second-order valence-electron chi connectivity index (χ2n) is 7.99. The van der Waals surface area contributed by atoms with E-state index in [1.165, 1.54) is 19.4 Å². The van der Waals surface area contributed by atoms with Crippen LogP contribution < -0.4 is 0 Å². The maximum atomic E-state index is 12.2. The van der Waals surface area contributed by atoms with Gasteiger partial charge in [0.1, 0.15) is 16.8 Å². The van der Waals surface area contributed by atoms with Gasteiger partial charge in [0.05, 0.1) is 23.9 Å². The minimum Gasteiger partial charge on any atom is -0.465 e. The van der Waals surface area contributed by atoms with Gasteiger partial charge in [-0.3, -0.25) is 14.5 Å². The lowest BCUT2D eigenvalue weighted by Crippen LogP contribution is -2.41. The molecule has 0 radical (unpaired) electrons. The average Bonchev–Trinajstić information content (AvgIpc) is 3.08. The first-order chi connectivity index (χ1) is 13.6. The number of nitrogens with zero attached hydrogens (tertiary/aromatic N) is 4. The van der Waals surface area contributed by atoms with Crippen LogP contribution in [0.5, 0.6) is 0 Å². The fourth-order valence-electron chi connectivity index (χ4n) is 3.34. The predicted octanol–water partition coefficient (Wildman–Crippen LogP) is 3.14. The molecule has 0 aromatic carbocycles. The molecule has 2 aromatic rings. The van der Waals surface area contributed by atoms with E-state index in [2.05, 4.69) is 9.72 Å². The summed E-state index contributed by atoms with van der Waals surface area (Å²) in [5.74, 6) is -0.677. The van der Waals surface area contributed by atoms with Crippen molar-refractivity contribution in [2.24, 2.45) is 0 Å². The van der Waals surface area contributed by atoms with Crippen LogP contribution >= 0.6 is 0 Å². The first-order valence-corrected chi connectivity index (χ1v) is 9.32. The number of aromatic nitrogens is 2. The monoisotopic (exact) mass is 404 g/mol. The van der Waals surface area contributed by atoms with Gasteiger partial charge in [0.2, 0.25) is 0 Å². The number of ether oxygens (including phenoxy) is 2. The molecule has 3 rings (SSSR count). The number of carbonyl (C=O) groups is 2. The molecule has 1 saturated heterocycles. The predicted molar refractivity (Wildman–Crippen MR) is 103 cm³/mol. The maximum absolute atomic E-state index is 12.2. The summed E-state index contributed by atoms with van der Waals surface area (Å²) in [5.41, 5.74) is 0.183. The highest BCUT2D eigenvalue weighted by atomic mass is 16.6. The largest absolute Gasteiger partial charge is 0.465 e. The topological polar surface area (TPSA) is 116 Å². The number of hydrogen-bond donors (Lipinski definition) is 0. The number of likely N-dealkylation sites (tertiary alicyclic amines) is 1. The van der Waals surface area contributed by atoms with Gasteiger partial charge in [-0.25, -0.2) is 14.6 Å². The molecule has 1 aliphatic rings. The number of hydrogen-bond acceptors (Lipinski definition) is 7. The van der Waals surface area contributed by atoms with E-state index in [1.54, 1.807) is 15.5 Å². The van der Waals surface area contributed by atoms with Crippen LogP contribution in [0.3, 0.4) is 0 Å². The minimum absolute atomic E-state index is 0.106. The molecule has 10 nitrogen and oxygen atoms in total. The van der Waals surface area contributed by atoms with Crippen molar-refractivity contribution in [3.8, 4) is 0 Å². The summed E-state index contributed by atoms with van der Waals surface area (Å²) in [7, 11) is 1.17. The van der Waals surface area contributed by atoms with Crippen LogP contribution in [0.2, 0.25) is 0 Å². The summed E-state index contributed by atoms with van der Waals surface area (Å²) < 4.78 is 11.6. The van der Waals surface area contributed by atoms with Gasteiger partial charge in [-0.1, -0.05) is 0 Å². The van der Waals surface area contributed by atoms with Crippen molar-refractivity contribution in [3.63, 3.8) is 0 Å². The normalized spacial score (nSPS) is 15.4. The van der Waals surface area contributed by atoms with E-state index >= 15 is 0 Å². The number of imidazole rings is 1. The van der Waals surface area contributed by atoms with E-state index in [-0.39, 0.29) is 23.3 Å². The van der Waals surface area contributed by atoms with Gasteiger partial charge >= 0.3 is 17.7 Å². The van der Waals surface area contributed by atoms with Gasteiger partial charge in [-0.05, 0) is 33.6 Å². The fourth-order valence-corrected chi connectivity index (χ4v) is 3.34. The Hall–Kier alpha value is -3.17. The molecule has 10 heteroatoms. The molecular weight excluding hydrogens is 380 g/mol. The lowest BCUT2D eigenvalue weighted by molar-refractivity contribution is -0.385. The molecular formula is C19H24N4O6. The van der Waals surface area contributed by atoms with Crippen LogP contribution in [0.25, 0.3) is 5.65 Å². The molecule has 0 saturated carbocycles. The van der Waals surface area contributed by atoms with E-state index in [0.717, 1.165) is 5.69 Å². The molecule has 0 N–H and O–H groups in total. The lowest BCUT2D eigenvalue weighted by atomic mass is 9.94. The number of rotatable bonds is 3. The fraction of sp³-hybridized carbons (Fsp3) is 0.526. The van der Waals surface area contributed by atoms with Crippen LogP contribution in [-0.2, 0) is 9.47 Å². The number of piperidine rings is 1. The Balaban J connectivity index is 1.79. The number of amides is 1. The molecule has 3 heterocycles. The Kier molecular flexibility index (Phi) is 5.45. The van der Waals surface area contributed by atoms with Crippen LogP contribution in [0.4, 0.5) is 10.5 Å². The molecule has 29 heavy (non-hydrogen) atoms. The van der Waals surface area contributed by atoms with E-state index < -0.39 is 16.5 Å². The third kappa shape index (κ3) is 4.47. The summed E-state index contributed by atoms with van der Waals surface area (Å²) in [6.45, 7) is 6.57. The van der Waals surface area contributed by atoms with Gasteiger partial charge in [0.25, 0.3) is 0 Å². The van der Waals surface area contributed by atoms with Gasteiger partial charge in [-0.15, -0.1) is 0 Å². The van der Waals surface area contributed by atoms with Crippen molar-refractivity contribution in [2.75, 3.05) is 20.2 Å². The minimum atomic E-state index is -0.783. The van der Waals surface area contributed by atoms with E-state index in [9.17, 15) is 19.7 Å². The molecule has 1 amide bonds. The lowest BCUT2D eigenvalue weighted by Gasteiger charge is -2.32. The third-order valence-corrected chi connectivity index (χ3v) is 4.76. The molecule has 0 atom stereocenters. The second kappa shape index (κ2) is 7.69. The van der Waals surface area contributed by atoms with Gasteiger partial charge in [-0.2, -0.15) is 0 Å². The molecule has 0 spiro atoms. The first kappa shape index (κ1) is 20.6. The smallest absolute Gasteiger partial charge is 0.410 e. The Bertz CT molecular complexity index is 953. The van der Waals surface area contributed by atoms with E-state index in [0.29, 0.717) is 31.6 Å². The van der Waals surface area contributed by atoms with Crippen molar-refractivity contribution in [1.82, 2.24) is 14.3 Å². The Morgan fingerprint density at radius 3 is 2.45 bits per heavy atom. The summed E-state index contributed by atoms with van der Waals surface area (Å²) in [4.78, 5) is 41.0. The molecule has 0 unspecified atom stereocenters. The van der Waals surface area contributed by atoms with Crippen LogP contribution in [0, 0.1) is 10.1 Å². The summed E-state index contributed by atoms with van der Waals surface area (Å²) in [6, 6.07) is 1.36. The van der Waals surface area contributed by atoms with Crippen LogP contribution in [0.1, 0.15) is 55.6 Å². The van der Waals surface area contributed by atoms with Crippen molar-refractivity contribution in [3.05, 3.63) is 39.8 Å². The Morgan fingerprint density at radius 1 is 1.24 bits per heavy atom. The number of methoxy groups -OCH3 is 1. The van der Waals surface area contributed by atoms with Crippen molar-refractivity contribution >= 4 is 23.4 Å². The number of esters is 1. The van der Waals surface area contributed by atoms with Crippen molar-refractivity contribution in [2.45, 2.75) is 45.1 Å². The zero-order chi connectivity index (χ0) is 21.3. The Morgan fingerprint density at radius 2 is 1.90 bits per heavy atom. The zero-order valence-corrected chi connectivity index (χ0v) is 16.9. The average molecular weight is 404 g/mol. The van der Waals surface area contributed by atoms with E-state index in [1.807, 2.05) is 20.8 Å². The third-order valence-electron chi connectivity index (χ3n) is 4.76. The zero-order valence-electron chi connectivity index (χ0n) is 16.9. The maximum Gasteiger partial charge on any atom is 0.410 e. The number of pyridine rings is 1.